The summed E-state index contributed by atoms with van der Waals surface area (Å²) in [6.45, 7) is 4.75. The van der Waals surface area contributed by atoms with Gasteiger partial charge in [0.05, 0.1) is 6.54 Å². The lowest BCUT2D eigenvalue weighted by molar-refractivity contribution is -0.132. The average Bonchev–Trinajstić information content (AvgIpc) is 3.36. The van der Waals surface area contributed by atoms with Crippen LogP contribution < -0.4 is 5.32 Å². The number of amides is 1. The molecule has 0 atom stereocenters. The fraction of sp³-hybridized carbons (Fsp3) is 0.588. The molecule has 1 N–H and O–H groups in total. The quantitative estimate of drug-likeness (QED) is 0.862. The summed E-state index contributed by atoms with van der Waals surface area (Å²) in [6.07, 6.45) is 2.58. The maximum atomic E-state index is 13.8. The van der Waals surface area contributed by atoms with Crippen molar-refractivity contribution in [1.29, 1.82) is 0 Å². The van der Waals surface area contributed by atoms with E-state index in [9.17, 15) is 9.18 Å². The van der Waals surface area contributed by atoms with Crippen molar-refractivity contribution >= 4 is 17.5 Å². The molecule has 1 aromatic rings. The van der Waals surface area contributed by atoms with Gasteiger partial charge in [0.2, 0.25) is 5.91 Å². The topological polar surface area (TPSA) is 35.6 Å². The van der Waals surface area contributed by atoms with Crippen LogP contribution in [-0.2, 0) is 11.3 Å². The zero-order valence-corrected chi connectivity index (χ0v) is 14.0. The molecule has 0 bridgehead atoms. The number of rotatable bonds is 6. The summed E-state index contributed by atoms with van der Waals surface area (Å²) < 4.78 is 13.8. The Morgan fingerprint density at radius 1 is 1.26 bits per heavy atom. The molecule has 6 heteroatoms. The van der Waals surface area contributed by atoms with Crippen molar-refractivity contribution < 1.29 is 9.18 Å². The van der Waals surface area contributed by atoms with E-state index in [2.05, 4.69) is 10.2 Å². The van der Waals surface area contributed by atoms with Crippen LogP contribution in [0.25, 0.3) is 0 Å². The van der Waals surface area contributed by atoms with E-state index in [-0.39, 0.29) is 11.7 Å². The second-order valence-electron chi connectivity index (χ2n) is 6.43. The molecule has 3 rings (SSSR count). The largest absolute Gasteiger partial charge is 0.339 e. The van der Waals surface area contributed by atoms with Crippen molar-refractivity contribution in [3.05, 3.63) is 34.6 Å². The molecule has 1 aromatic carbocycles. The van der Waals surface area contributed by atoms with Crippen molar-refractivity contribution in [2.24, 2.45) is 5.92 Å². The van der Waals surface area contributed by atoms with Crippen LogP contribution in [0.15, 0.2) is 18.2 Å². The van der Waals surface area contributed by atoms with Crippen molar-refractivity contribution in [3.8, 4) is 0 Å². The molecule has 1 saturated carbocycles. The third-order valence-corrected chi connectivity index (χ3v) is 4.93. The maximum absolute atomic E-state index is 13.8. The Morgan fingerprint density at radius 3 is 2.65 bits per heavy atom. The number of carbonyl (C=O) groups excluding carboxylic acids is 1. The van der Waals surface area contributed by atoms with Crippen molar-refractivity contribution in [1.82, 2.24) is 15.1 Å². The maximum Gasteiger partial charge on any atom is 0.236 e. The molecule has 0 spiro atoms. The Hall–Kier alpha value is -1.17. The third-order valence-electron chi connectivity index (χ3n) is 4.57. The van der Waals surface area contributed by atoms with Gasteiger partial charge in [-0.25, -0.2) is 4.39 Å². The highest BCUT2D eigenvalue weighted by Crippen LogP contribution is 2.27. The summed E-state index contributed by atoms with van der Waals surface area (Å²) >= 11 is 6.08. The van der Waals surface area contributed by atoms with Gasteiger partial charge < -0.3 is 10.2 Å². The van der Waals surface area contributed by atoms with E-state index in [0.717, 1.165) is 25.6 Å². The molecule has 0 unspecified atom stereocenters. The molecular weight excluding hydrogens is 317 g/mol. The van der Waals surface area contributed by atoms with E-state index in [4.69, 9.17) is 11.6 Å². The lowest BCUT2D eigenvalue weighted by atomic mass is 10.2. The van der Waals surface area contributed by atoms with E-state index in [1.807, 2.05) is 4.90 Å². The number of halogens is 2. The molecule has 0 radical (unpaired) electrons. The summed E-state index contributed by atoms with van der Waals surface area (Å²) in [5.74, 6) is 0.680. The number of benzene rings is 1. The predicted octanol–water partition coefficient (Wildman–Crippen LogP) is 2.12. The van der Waals surface area contributed by atoms with Gasteiger partial charge in [0.15, 0.2) is 0 Å². The zero-order chi connectivity index (χ0) is 16.2. The first-order valence-electron chi connectivity index (χ1n) is 8.27. The van der Waals surface area contributed by atoms with Crippen molar-refractivity contribution in [2.45, 2.75) is 19.4 Å². The molecule has 1 aliphatic heterocycles. The first-order valence-corrected chi connectivity index (χ1v) is 8.65. The molecule has 1 amide bonds. The number of hydrogen-bond donors (Lipinski definition) is 1. The second kappa shape index (κ2) is 7.60. The third kappa shape index (κ3) is 4.66. The van der Waals surface area contributed by atoms with Crippen molar-refractivity contribution in [3.63, 3.8) is 0 Å². The molecular formula is C17H23ClFN3O. The fourth-order valence-corrected chi connectivity index (χ4v) is 3.10. The average molecular weight is 340 g/mol. The Labute approximate surface area is 141 Å². The molecule has 1 heterocycles. The Morgan fingerprint density at radius 2 is 2.00 bits per heavy atom. The van der Waals surface area contributed by atoms with E-state index in [1.54, 1.807) is 12.1 Å². The van der Waals surface area contributed by atoms with Crippen LogP contribution in [0.4, 0.5) is 4.39 Å². The Bertz CT molecular complexity index is 537. The van der Waals surface area contributed by atoms with Gasteiger partial charge in [-0.3, -0.25) is 9.69 Å². The van der Waals surface area contributed by atoms with Crippen LogP contribution in [0.3, 0.4) is 0 Å². The summed E-state index contributed by atoms with van der Waals surface area (Å²) in [7, 11) is 0. The van der Waals surface area contributed by atoms with Gasteiger partial charge in [-0.1, -0.05) is 17.7 Å². The van der Waals surface area contributed by atoms with Crippen LogP contribution in [0.1, 0.15) is 18.4 Å². The van der Waals surface area contributed by atoms with Gasteiger partial charge in [-0.05, 0) is 37.4 Å². The van der Waals surface area contributed by atoms with Crippen LogP contribution in [0.5, 0.6) is 0 Å². The second-order valence-corrected chi connectivity index (χ2v) is 6.84. The Balaban J connectivity index is 1.43. The molecule has 4 nitrogen and oxygen atoms in total. The molecule has 2 fully saturated rings. The number of nitrogens with one attached hydrogen (secondary N) is 1. The number of carbonyl (C=O) groups is 1. The summed E-state index contributed by atoms with van der Waals surface area (Å²) in [6, 6.07) is 4.77. The molecule has 1 saturated heterocycles. The summed E-state index contributed by atoms with van der Waals surface area (Å²) in [5.41, 5.74) is 0.542. The first-order chi connectivity index (χ1) is 11.1. The highest BCUT2D eigenvalue weighted by atomic mass is 35.5. The molecule has 1 aliphatic carbocycles. The lowest BCUT2D eigenvalue weighted by Crippen LogP contribution is -2.50. The standard InChI is InChI=1S/C17H23ClFN3O/c18-15-2-1-3-16(19)14(15)12-21-6-8-22(9-7-21)17(23)11-20-10-13-4-5-13/h1-3,13,20H,4-12H2. The Kier molecular flexibility index (Phi) is 5.51. The van der Waals surface area contributed by atoms with E-state index in [1.165, 1.54) is 18.9 Å². The van der Waals surface area contributed by atoms with E-state index >= 15 is 0 Å². The highest BCUT2D eigenvalue weighted by molar-refractivity contribution is 6.31. The minimum absolute atomic E-state index is 0.161. The van der Waals surface area contributed by atoms with Gasteiger partial charge in [0.25, 0.3) is 0 Å². The van der Waals surface area contributed by atoms with Crippen LogP contribution in [0, 0.1) is 11.7 Å². The molecule has 2 aliphatic rings. The minimum Gasteiger partial charge on any atom is -0.339 e. The minimum atomic E-state index is -0.264. The van der Waals surface area contributed by atoms with Crippen molar-refractivity contribution in [2.75, 3.05) is 39.3 Å². The monoisotopic (exact) mass is 339 g/mol. The number of hydrogen-bond acceptors (Lipinski definition) is 3. The van der Waals surface area contributed by atoms with Crippen LogP contribution >= 0.6 is 11.6 Å². The van der Waals surface area contributed by atoms with Gasteiger partial charge in [-0.2, -0.15) is 0 Å². The molecule has 126 valence electrons. The molecule has 0 aromatic heterocycles. The first kappa shape index (κ1) is 16.7. The van der Waals surface area contributed by atoms with Gasteiger partial charge >= 0.3 is 0 Å². The number of nitrogens with zero attached hydrogens (tertiary/aromatic N) is 2. The highest BCUT2D eigenvalue weighted by Gasteiger charge is 2.24. The summed E-state index contributed by atoms with van der Waals surface area (Å²) in [5, 5.41) is 3.70. The van der Waals surface area contributed by atoms with Crippen LogP contribution in [0.2, 0.25) is 5.02 Å². The predicted molar refractivity (Wildman–Crippen MR) is 88.9 cm³/mol. The smallest absolute Gasteiger partial charge is 0.236 e. The van der Waals surface area contributed by atoms with E-state index < -0.39 is 0 Å². The lowest BCUT2D eigenvalue weighted by Gasteiger charge is -2.35. The zero-order valence-electron chi connectivity index (χ0n) is 13.2. The number of piperazine rings is 1. The van der Waals surface area contributed by atoms with Gasteiger partial charge in [-0.15, -0.1) is 0 Å². The molecule has 23 heavy (non-hydrogen) atoms. The van der Waals surface area contributed by atoms with Gasteiger partial charge in [0, 0.05) is 43.3 Å². The van der Waals surface area contributed by atoms with E-state index in [0.29, 0.717) is 36.8 Å². The fourth-order valence-electron chi connectivity index (χ4n) is 2.88. The normalized spacial score (nSPS) is 19.1. The summed E-state index contributed by atoms with van der Waals surface area (Å²) in [4.78, 5) is 16.2. The van der Waals surface area contributed by atoms with Crippen LogP contribution in [-0.4, -0.2) is 55.0 Å². The SMILES string of the molecule is O=C(CNCC1CC1)N1CCN(Cc2c(F)cccc2Cl)CC1. The van der Waals surface area contributed by atoms with Gasteiger partial charge in [0.1, 0.15) is 5.82 Å².